The molecular weight excluding hydrogens is 346 g/mol. The second-order valence-electron chi connectivity index (χ2n) is 5.79. The minimum absolute atomic E-state index is 0.0181. The molecule has 3 rings (SSSR count). The molecule has 1 atom stereocenters. The summed E-state index contributed by atoms with van der Waals surface area (Å²) in [6, 6.07) is 15.8. The van der Waals surface area contributed by atoms with Gasteiger partial charge in [-0.1, -0.05) is 12.1 Å². The first kappa shape index (κ1) is 18.1. The van der Waals surface area contributed by atoms with Crippen LogP contribution in [0.3, 0.4) is 0 Å². The highest BCUT2D eigenvalue weighted by Crippen LogP contribution is 2.25. The van der Waals surface area contributed by atoms with Crippen molar-refractivity contribution in [2.45, 2.75) is 23.6 Å². The van der Waals surface area contributed by atoms with E-state index in [-0.39, 0.29) is 11.2 Å². The van der Waals surface area contributed by atoms with Crippen LogP contribution in [0.1, 0.15) is 12.5 Å². The first-order chi connectivity index (χ1) is 12.7. The third kappa shape index (κ3) is 4.67. The maximum absolute atomic E-state index is 12.3. The standard InChI is InChI=1S/C20H21N3O2S/c1-15(26-19-9-7-18(25-2)8-10-19)20(24)22-13-16-3-5-17(6-4-16)23-12-11-21-14-23/h3-12,14-15H,13H2,1-2H3,(H,22,24)/t15-/m1/s1. The van der Waals surface area contributed by atoms with Crippen molar-refractivity contribution >= 4 is 17.7 Å². The smallest absolute Gasteiger partial charge is 0.233 e. The molecule has 0 aliphatic heterocycles. The topological polar surface area (TPSA) is 56.1 Å². The summed E-state index contributed by atoms with van der Waals surface area (Å²) in [4.78, 5) is 17.4. The number of ether oxygens (including phenoxy) is 1. The van der Waals surface area contributed by atoms with E-state index in [0.717, 1.165) is 21.9 Å². The number of imidazole rings is 1. The molecule has 0 spiro atoms. The van der Waals surface area contributed by atoms with E-state index < -0.39 is 0 Å². The Bertz CT molecular complexity index is 831. The lowest BCUT2D eigenvalue weighted by atomic mass is 10.2. The molecule has 0 fully saturated rings. The van der Waals surface area contributed by atoms with Gasteiger partial charge in [0.05, 0.1) is 18.7 Å². The van der Waals surface area contributed by atoms with Crippen molar-refractivity contribution in [3.8, 4) is 11.4 Å². The van der Waals surface area contributed by atoms with E-state index in [0.29, 0.717) is 6.54 Å². The zero-order valence-electron chi connectivity index (χ0n) is 14.8. The van der Waals surface area contributed by atoms with E-state index in [1.807, 2.05) is 66.2 Å². The Labute approximate surface area is 157 Å². The van der Waals surface area contributed by atoms with Gasteiger partial charge in [0.2, 0.25) is 5.91 Å². The molecule has 0 unspecified atom stereocenters. The van der Waals surface area contributed by atoms with Gasteiger partial charge in [-0.3, -0.25) is 4.79 Å². The lowest BCUT2D eigenvalue weighted by molar-refractivity contribution is -0.120. The molecular formula is C20H21N3O2S. The number of hydrogen-bond donors (Lipinski definition) is 1. The number of carbonyl (C=O) groups is 1. The Morgan fingerprint density at radius 3 is 2.54 bits per heavy atom. The normalized spacial score (nSPS) is 11.8. The Hall–Kier alpha value is -2.73. The lowest BCUT2D eigenvalue weighted by Crippen LogP contribution is -2.30. The quantitative estimate of drug-likeness (QED) is 0.647. The van der Waals surface area contributed by atoms with E-state index in [1.54, 1.807) is 19.6 Å². The van der Waals surface area contributed by atoms with Crippen LogP contribution in [0, 0.1) is 0 Å². The van der Waals surface area contributed by atoms with Gasteiger partial charge >= 0.3 is 0 Å². The van der Waals surface area contributed by atoms with Crippen molar-refractivity contribution in [2.24, 2.45) is 0 Å². The third-order valence-electron chi connectivity index (χ3n) is 3.95. The van der Waals surface area contributed by atoms with E-state index in [1.165, 1.54) is 11.8 Å². The molecule has 0 saturated carbocycles. The first-order valence-electron chi connectivity index (χ1n) is 8.31. The van der Waals surface area contributed by atoms with Crippen LogP contribution in [0.2, 0.25) is 0 Å². The molecule has 1 aromatic heterocycles. The minimum atomic E-state index is -0.173. The molecule has 1 N–H and O–H groups in total. The summed E-state index contributed by atoms with van der Waals surface area (Å²) >= 11 is 1.53. The van der Waals surface area contributed by atoms with Crippen LogP contribution >= 0.6 is 11.8 Å². The van der Waals surface area contributed by atoms with Gasteiger partial charge in [0.1, 0.15) is 5.75 Å². The first-order valence-corrected chi connectivity index (χ1v) is 9.19. The maximum atomic E-state index is 12.3. The van der Waals surface area contributed by atoms with Crippen molar-refractivity contribution in [2.75, 3.05) is 7.11 Å². The highest BCUT2D eigenvalue weighted by molar-refractivity contribution is 8.00. The monoisotopic (exact) mass is 367 g/mol. The van der Waals surface area contributed by atoms with Crippen LogP contribution in [0.4, 0.5) is 0 Å². The summed E-state index contributed by atoms with van der Waals surface area (Å²) in [6.07, 6.45) is 5.40. The molecule has 0 saturated heterocycles. The van der Waals surface area contributed by atoms with Crippen molar-refractivity contribution in [1.29, 1.82) is 0 Å². The number of carbonyl (C=O) groups excluding carboxylic acids is 1. The van der Waals surface area contributed by atoms with Crippen LogP contribution < -0.4 is 10.1 Å². The Kier molecular flexibility index (Phi) is 5.96. The van der Waals surface area contributed by atoms with Gasteiger partial charge in [-0.25, -0.2) is 4.98 Å². The summed E-state index contributed by atoms with van der Waals surface area (Å²) in [7, 11) is 1.64. The van der Waals surface area contributed by atoms with Crippen LogP contribution in [0.15, 0.2) is 72.1 Å². The second-order valence-corrected chi connectivity index (χ2v) is 7.20. The number of nitrogens with zero attached hydrogens (tertiary/aromatic N) is 2. The average molecular weight is 367 g/mol. The summed E-state index contributed by atoms with van der Waals surface area (Å²) in [5.74, 6) is 0.829. The van der Waals surface area contributed by atoms with Crippen LogP contribution in [-0.2, 0) is 11.3 Å². The Morgan fingerprint density at radius 1 is 1.19 bits per heavy atom. The molecule has 3 aromatic rings. The third-order valence-corrected chi connectivity index (χ3v) is 5.06. The molecule has 5 nitrogen and oxygen atoms in total. The zero-order chi connectivity index (χ0) is 18.4. The predicted molar refractivity (Wildman–Crippen MR) is 104 cm³/mol. The molecule has 1 heterocycles. The second kappa shape index (κ2) is 8.58. The van der Waals surface area contributed by atoms with Gasteiger partial charge in [0.25, 0.3) is 0 Å². The molecule has 2 aromatic carbocycles. The molecule has 134 valence electrons. The number of methoxy groups -OCH3 is 1. The fourth-order valence-electron chi connectivity index (χ4n) is 2.44. The minimum Gasteiger partial charge on any atom is -0.497 e. The van der Waals surface area contributed by atoms with Crippen LogP contribution in [0.5, 0.6) is 5.75 Å². The van der Waals surface area contributed by atoms with E-state index in [4.69, 9.17) is 4.74 Å². The molecule has 26 heavy (non-hydrogen) atoms. The van der Waals surface area contributed by atoms with E-state index in [9.17, 15) is 4.79 Å². The zero-order valence-corrected chi connectivity index (χ0v) is 15.6. The van der Waals surface area contributed by atoms with Gasteiger partial charge in [-0.05, 0) is 48.9 Å². The largest absolute Gasteiger partial charge is 0.497 e. The van der Waals surface area contributed by atoms with Gasteiger partial charge in [-0.15, -0.1) is 11.8 Å². The molecule has 1 amide bonds. The van der Waals surface area contributed by atoms with Crippen molar-refractivity contribution < 1.29 is 9.53 Å². The van der Waals surface area contributed by atoms with Gasteiger partial charge in [-0.2, -0.15) is 0 Å². The SMILES string of the molecule is COc1ccc(S[C@H](C)C(=O)NCc2ccc(-n3ccnc3)cc2)cc1. The van der Waals surface area contributed by atoms with Crippen molar-refractivity contribution in [3.63, 3.8) is 0 Å². The summed E-state index contributed by atoms with van der Waals surface area (Å²) in [6.45, 7) is 2.42. The fourth-order valence-corrected chi connectivity index (χ4v) is 3.33. The Morgan fingerprint density at radius 2 is 1.92 bits per heavy atom. The maximum Gasteiger partial charge on any atom is 0.233 e. The van der Waals surface area contributed by atoms with Gasteiger partial charge < -0.3 is 14.6 Å². The molecule has 0 aliphatic rings. The van der Waals surface area contributed by atoms with Crippen LogP contribution in [0.25, 0.3) is 5.69 Å². The molecule has 6 heteroatoms. The average Bonchev–Trinajstić information content (AvgIpc) is 3.22. The van der Waals surface area contributed by atoms with E-state index in [2.05, 4.69) is 10.3 Å². The fraction of sp³-hybridized carbons (Fsp3) is 0.200. The van der Waals surface area contributed by atoms with Crippen molar-refractivity contribution in [1.82, 2.24) is 14.9 Å². The Balaban J connectivity index is 1.51. The molecule has 0 bridgehead atoms. The number of aromatic nitrogens is 2. The number of amides is 1. The van der Waals surface area contributed by atoms with Gasteiger partial charge in [0.15, 0.2) is 0 Å². The lowest BCUT2D eigenvalue weighted by Gasteiger charge is -2.12. The molecule has 0 radical (unpaired) electrons. The predicted octanol–water partition coefficient (Wildman–Crippen LogP) is 3.68. The summed E-state index contributed by atoms with van der Waals surface area (Å²) in [5, 5.41) is 2.82. The summed E-state index contributed by atoms with van der Waals surface area (Å²) < 4.78 is 7.09. The number of rotatable bonds is 7. The number of benzene rings is 2. The highest BCUT2D eigenvalue weighted by Gasteiger charge is 2.14. The van der Waals surface area contributed by atoms with Gasteiger partial charge in [0, 0.05) is 29.5 Å². The van der Waals surface area contributed by atoms with Crippen LogP contribution in [-0.4, -0.2) is 27.8 Å². The van der Waals surface area contributed by atoms with Crippen molar-refractivity contribution in [3.05, 3.63) is 72.8 Å². The number of hydrogen-bond acceptors (Lipinski definition) is 4. The molecule has 0 aliphatic carbocycles. The highest BCUT2D eigenvalue weighted by atomic mass is 32.2. The number of nitrogens with one attached hydrogen (secondary N) is 1. The summed E-state index contributed by atoms with van der Waals surface area (Å²) in [5.41, 5.74) is 2.10. The number of thioether (sulfide) groups is 1. The van der Waals surface area contributed by atoms with E-state index >= 15 is 0 Å².